The van der Waals surface area contributed by atoms with Crippen LogP contribution in [-0.2, 0) is 10.0 Å². The lowest BCUT2D eigenvalue weighted by atomic mass is 10.2. The van der Waals surface area contributed by atoms with E-state index in [9.17, 15) is 13.2 Å². The molecule has 3 rings (SSSR count). The van der Waals surface area contributed by atoms with E-state index in [0.29, 0.717) is 16.3 Å². The molecule has 10 heteroatoms. The molecule has 28 heavy (non-hydrogen) atoms. The molecule has 0 aliphatic heterocycles. The monoisotopic (exact) mass is 436 g/mol. The Morgan fingerprint density at radius 1 is 1.11 bits per heavy atom. The number of benzene rings is 2. The van der Waals surface area contributed by atoms with Crippen LogP contribution < -0.4 is 9.62 Å². The molecule has 0 atom stereocenters. The van der Waals surface area contributed by atoms with E-state index >= 15 is 0 Å². The Labute approximate surface area is 172 Å². The minimum atomic E-state index is -3.89. The average Bonchev–Trinajstić information content (AvgIpc) is 3.13. The van der Waals surface area contributed by atoms with Gasteiger partial charge in [-0.3, -0.25) is 14.4 Å². The summed E-state index contributed by atoms with van der Waals surface area (Å²) < 4.78 is 27.0. The van der Waals surface area contributed by atoms with Gasteiger partial charge in [-0.15, -0.1) is 10.2 Å². The summed E-state index contributed by atoms with van der Waals surface area (Å²) in [5.41, 5.74) is 1.94. The smallest absolute Gasteiger partial charge is 0.293 e. The number of amides is 1. The third-order valence-corrected chi connectivity index (χ3v) is 7.19. The van der Waals surface area contributed by atoms with E-state index in [-0.39, 0.29) is 16.0 Å². The molecule has 0 bridgehead atoms. The van der Waals surface area contributed by atoms with Crippen LogP contribution in [0, 0.1) is 6.92 Å². The number of aromatic nitrogens is 2. The number of carbonyl (C=O) groups is 1. The minimum Gasteiger partial charge on any atom is -0.296 e. The summed E-state index contributed by atoms with van der Waals surface area (Å²) in [5.74, 6) is -0.428. The van der Waals surface area contributed by atoms with E-state index in [0.717, 1.165) is 16.9 Å². The van der Waals surface area contributed by atoms with Gasteiger partial charge >= 0.3 is 0 Å². The Hall–Kier alpha value is -2.49. The molecule has 7 nitrogen and oxygen atoms in total. The molecule has 1 heterocycles. The maximum absolute atomic E-state index is 13.0. The van der Waals surface area contributed by atoms with E-state index in [1.807, 2.05) is 19.1 Å². The van der Waals surface area contributed by atoms with Crippen LogP contribution in [0.2, 0.25) is 5.02 Å². The standard InChI is InChI=1S/C18H17ClN4O3S2/c1-3-23(15-10-4-12(2)5-11-15)28(25,26)18-22-21-17(27-18)20-16(24)13-6-8-14(19)9-7-13/h4-11H,3H2,1-2H3,(H,20,21,24). The maximum Gasteiger partial charge on any atom is 0.293 e. The van der Waals surface area contributed by atoms with Crippen molar-refractivity contribution >= 4 is 49.7 Å². The lowest BCUT2D eigenvalue weighted by Crippen LogP contribution is -2.30. The molecule has 0 fully saturated rings. The maximum atomic E-state index is 13.0. The fraction of sp³-hybridized carbons (Fsp3) is 0.167. The summed E-state index contributed by atoms with van der Waals surface area (Å²) >= 11 is 6.61. The summed E-state index contributed by atoms with van der Waals surface area (Å²) in [7, 11) is -3.89. The van der Waals surface area contributed by atoms with Gasteiger partial charge in [0.2, 0.25) is 5.13 Å². The molecule has 3 aromatic rings. The van der Waals surface area contributed by atoms with Gasteiger partial charge in [-0.1, -0.05) is 40.6 Å². The fourth-order valence-electron chi connectivity index (χ4n) is 2.43. The third-order valence-electron chi connectivity index (χ3n) is 3.85. The minimum absolute atomic E-state index is 0.0958. The van der Waals surface area contributed by atoms with Crippen LogP contribution in [0.3, 0.4) is 0 Å². The van der Waals surface area contributed by atoms with Crippen LogP contribution in [0.4, 0.5) is 10.8 Å². The number of halogens is 1. The molecule has 0 aliphatic carbocycles. The summed E-state index contributed by atoms with van der Waals surface area (Å²) in [6.07, 6.45) is 0. The Morgan fingerprint density at radius 3 is 2.36 bits per heavy atom. The Kier molecular flexibility index (Phi) is 5.97. The SMILES string of the molecule is CCN(c1ccc(C)cc1)S(=O)(=O)c1nnc(NC(=O)c2ccc(Cl)cc2)s1. The lowest BCUT2D eigenvalue weighted by Gasteiger charge is -2.21. The molecule has 0 radical (unpaired) electrons. The average molecular weight is 437 g/mol. The number of sulfonamides is 1. The molecule has 0 saturated carbocycles. The lowest BCUT2D eigenvalue weighted by molar-refractivity contribution is 0.102. The van der Waals surface area contributed by atoms with Crippen molar-refractivity contribution in [2.75, 3.05) is 16.2 Å². The number of rotatable bonds is 6. The molecular weight excluding hydrogens is 420 g/mol. The predicted octanol–water partition coefficient (Wildman–Crippen LogP) is 3.97. The first-order valence-electron chi connectivity index (χ1n) is 8.31. The zero-order valence-corrected chi connectivity index (χ0v) is 17.5. The molecule has 1 N–H and O–H groups in total. The zero-order chi connectivity index (χ0) is 20.3. The highest BCUT2D eigenvalue weighted by atomic mass is 35.5. The molecule has 0 aliphatic rings. The van der Waals surface area contributed by atoms with Gasteiger partial charge in [0.25, 0.3) is 20.3 Å². The second kappa shape index (κ2) is 8.26. The van der Waals surface area contributed by atoms with Crippen molar-refractivity contribution < 1.29 is 13.2 Å². The quantitative estimate of drug-likeness (QED) is 0.590. The van der Waals surface area contributed by atoms with Gasteiger partial charge in [0.15, 0.2) is 0 Å². The van der Waals surface area contributed by atoms with Gasteiger partial charge < -0.3 is 0 Å². The highest BCUT2D eigenvalue weighted by molar-refractivity contribution is 7.94. The van der Waals surface area contributed by atoms with Gasteiger partial charge in [0, 0.05) is 17.1 Å². The molecule has 1 amide bonds. The van der Waals surface area contributed by atoms with E-state index in [1.54, 1.807) is 43.3 Å². The van der Waals surface area contributed by atoms with Crippen LogP contribution in [0.1, 0.15) is 22.8 Å². The highest BCUT2D eigenvalue weighted by Crippen LogP contribution is 2.27. The molecule has 0 spiro atoms. The Morgan fingerprint density at radius 2 is 1.75 bits per heavy atom. The van der Waals surface area contributed by atoms with Gasteiger partial charge in [-0.05, 0) is 50.2 Å². The number of nitrogens with zero attached hydrogens (tertiary/aromatic N) is 3. The second-order valence-corrected chi connectivity index (χ2v) is 9.29. The molecule has 146 valence electrons. The van der Waals surface area contributed by atoms with Crippen molar-refractivity contribution in [2.24, 2.45) is 0 Å². The van der Waals surface area contributed by atoms with Crippen LogP contribution in [-0.4, -0.2) is 31.1 Å². The van der Waals surface area contributed by atoms with Crippen molar-refractivity contribution in [3.63, 3.8) is 0 Å². The van der Waals surface area contributed by atoms with Crippen molar-refractivity contribution in [1.82, 2.24) is 10.2 Å². The number of hydrogen-bond donors (Lipinski definition) is 1. The molecule has 2 aromatic carbocycles. The normalized spacial score (nSPS) is 11.2. The summed E-state index contributed by atoms with van der Waals surface area (Å²) in [6.45, 7) is 3.90. The van der Waals surface area contributed by atoms with E-state index in [2.05, 4.69) is 15.5 Å². The topological polar surface area (TPSA) is 92.3 Å². The van der Waals surface area contributed by atoms with Gasteiger partial charge in [-0.2, -0.15) is 8.42 Å². The summed E-state index contributed by atoms with van der Waals surface area (Å²) in [4.78, 5) is 12.3. The van der Waals surface area contributed by atoms with Crippen molar-refractivity contribution in [1.29, 1.82) is 0 Å². The Bertz CT molecular complexity index is 1080. The number of nitrogens with one attached hydrogen (secondary N) is 1. The van der Waals surface area contributed by atoms with Crippen LogP contribution >= 0.6 is 22.9 Å². The van der Waals surface area contributed by atoms with Crippen molar-refractivity contribution in [3.05, 3.63) is 64.7 Å². The van der Waals surface area contributed by atoms with Gasteiger partial charge in [-0.25, -0.2) is 0 Å². The predicted molar refractivity (Wildman–Crippen MR) is 111 cm³/mol. The van der Waals surface area contributed by atoms with Crippen LogP contribution in [0.5, 0.6) is 0 Å². The summed E-state index contributed by atoms with van der Waals surface area (Å²) in [5, 5.41) is 10.7. The van der Waals surface area contributed by atoms with Gasteiger partial charge in [0.05, 0.1) is 5.69 Å². The number of carbonyl (C=O) groups excluding carboxylic acids is 1. The molecule has 0 unspecified atom stereocenters. The number of aryl methyl sites for hydroxylation is 1. The van der Waals surface area contributed by atoms with E-state index in [1.165, 1.54) is 4.31 Å². The first-order valence-corrected chi connectivity index (χ1v) is 10.9. The van der Waals surface area contributed by atoms with Crippen molar-refractivity contribution in [2.45, 2.75) is 18.2 Å². The highest BCUT2D eigenvalue weighted by Gasteiger charge is 2.28. The Balaban J connectivity index is 1.82. The zero-order valence-electron chi connectivity index (χ0n) is 15.1. The van der Waals surface area contributed by atoms with Crippen molar-refractivity contribution in [3.8, 4) is 0 Å². The van der Waals surface area contributed by atoms with Crippen LogP contribution in [0.15, 0.2) is 52.9 Å². The largest absolute Gasteiger partial charge is 0.296 e. The van der Waals surface area contributed by atoms with Gasteiger partial charge in [0.1, 0.15) is 0 Å². The first-order chi connectivity index (χ1) is 13.3. The number of anilines is 2. The molecular formula is C18H17ClN4O3S2. The summed E-state index contributed by atoms with van der Waals surface area (Å²) in [6, 6.07) is 13.5. The molecule has 0 saturated heterocycles. The second-order valence-electron chi connectivity index (χ2n) is 5.84. The van der Waals surface area contributed by atoms with E-state index < -0.39 is 15.9 Å². The fourth-order valence-corrected chi connectivity index (χ4v) is 5.03. The van der Waals surface area contributed by atoms with E-state index in [4.69, 9.17) is 11.6 Å². The molecule has 1 aromatic heterocycles. The van der Waals surface area contributed by atoms with Crippen LogP contribution in [0.25, 0.3) is 0 Å². The third kappa shape index (κ3) is 4.32. The first kappa shape index (κ1) is 20.2. The number of hydrogen-bond acceptors (Lipinski definition) is 6.